The Morgan fingerprint density at radius 1 is 1.14 bits per heavy atom. The molecular weight excluding hydrogens is 262 g/mol. The number of unbranched alkanes of at least 4 members (excludes halogenated alkanes) is 1. The Kier molecular flexibility index (Phi) is 5.38. The lowest BCUT2D eigenvalue weighted by molar-refractivity contribution is -0.151. The van der Waals surface area contributed by atoms with Crippen LogP contribution in [0.1, 0.15) is 62.5 Å². The lowest BCUT2D eigenvalue weighted by Crippen LogP contribution is -2.33. The van der Waals surface area contributed by atoms with Crippen molar-refractivity contribution in [3.8, 4) is 6.07 Å². The molecule has 0 atom stereocenters. The molecule has 0 aromatic heterocycles. The minimum absolute atomic E-state index is 0.455. The average Bonchev–Trinajstić information content (AvgIpc) is 2.53. The smallest absolute Gasteiger partial charge is 0.309 e. The summed E-state index contributed by atoms with van der Waals surface area (Å²) in [4.78, 5) is 11.6. The fraction of sp³-hybridized carbons (Fsp3) is 0.556. The molecule has 1 aliphatic rings. The highest BCUT2D eigenvalue weighted by Crippen LogP contribution is 2.40. The number of hydrogen-bond acceptors (Lipinski definition) is 2. The molecule has 1 aliphatic carbocycles. The standard InChI is InChI=1S/C18H23NO2/c19-14-16-9-7-15(8-10-16)6-2-5-13-18(17(20)21)11-3-1-4-12-18/h7-10H,1-6,11-13H2,(H,20,21). The van der Waals surface area contributed by atoms with Gasteiger partial charge in [-0.25, -0.2) is 0 Å². The Morgan fingerprint density at radius 3 is 2.38 bits per heavy atom. The van der Waals surface area contributed by atoms with Gasteiger partial charge in [0.2, 0.25) is 0 Å². The van der Waals surface area contributed by atoms with Gasteiger partial charge >= 0.3 is 5.97 Å². The van der Waals surface area contributed by atoms with Crippen LogP contribution in [0.4, 0.5) is 0 Å². The summed E-state index contributed by atoms with van der Waals surface area (Å²) >= 11 is 0. The van der Waals surface area contributed by atoms with E-state index >= 15 is 0 Å². The van der Waals surface area contributed by atoms with Crippen molar-refractivity contribution in [1.29, 1.82) is 5.26 Å². The third-order valence-electron chi connectivity index (χ3n) is 4.72. The van der Waals surface area contributed by atoms with E-state index < -0.39 is 11.4 Å². The van der Waals surface area contributed by atoms with Gasteiger partial charge in [0.15, 0.2) is 0 Å². The molecule has 1 saturated carbocycles. The van der Waals surface area contributed by atoms with Gasteiger partial charge in [-0.2, -0.15) is 5.26 Å². The molecule has 0 spiro atoms. The van der Waals surface area contributed by atoms with E-state index in [0.29, 0.717) is 5.56 Å². The number of carboxylic acids is 1. The van der Waals surface area contributed by atoms with Crippen LogP contribution in [0.3, 0.4) is 0 Å². The summed E-state index contributed by atoms with van der Waals surface area (Å²) in [6.07, 6.45) is 8.73. The van der Waals surface area contributed by atoms with Crippen LogP contribution < -0.4 is 0 Å². The third kappa shape index (κ3) is 4.07. The minimum atomic E-state index is -0.597. The summed E-state index contributed by atoms with van der Waals surface area (Å²) in [6.45, 7) is 0. The van der Waals surface area contributed by atoms with E-state index in [9.17, 15) is 9.90 Å². The number of aliphatic carboxylic acids is 1. The zero-order chi connectivity index (χ0) is 15.1. The number of aryl methyl sites for hydroxylation is 1. The molecule has 0 heterocycles. The summed E-state index contributed by atoms with van der Waals surface area (Å²) < 4.78 is 0. The zero-order valence-electron chi connectivity index (χ0n) is 12.5. The van der Waals surface area contributed by atoms with Gasteiger partial charge in [0.05, 0.1) is 17.0 Å². The maximum atomic E-state index is 11.6. The van der Waals surface area contributed by atoms with Crippen LogP contribution in [0.25, 0.3) is 0 Å². The van der Waals surface area contributed by atoms with Crippen LogP contribution in [-0.4, -0.2) is 11.1 Å². The molecule has 0 saturated heterocycles. The number of rotatable bonds is 6. The predicted octanol–water partition coefficient (Wildman–Crippen LogP) is 4.31. The second kappa shape index (κ2) is 7.26. The van der Waals surface area contributed by atoms with E-state index in [-0.39, 0.29) is 0 Å². The highest BCUT2D eigenvalue weighted by Gasteiger charge is 2.38. The van der Waals surface area contributed by atoms with Crippen LogP contribution in [-0.2, 0) is 11.2 Å². The summed E-state index contributed by atoms with van der Waals surface area (Å²) in [7, 11) is 0. The fourth-order valence-corrected chi connectivity index (χ4v) is 3.34. The van der Waals surface area contributed by atoms with E-state index in [1.165, 1.54) is 12.0 Å². The van der Waals surface area contributed by atoms with Gasteiger partial charge in [-0.1, -0.05) is 37.8 Å². The van der Waals surface area contributed by atoms with Crippen LogP contribution in [0.5, 0.6) is 0 Å². The van der Waals surface area contributed by atoms with Crippen molar-refractivity contribution >= 4 is 5.97 Å². The quantitative estimate of drug-likeness (QED) is 0.792. The molecule has 0 radical (unpaired) electrons. The fourth-order valence-electron chi connectivity index (χ4n) is 3.34. The van der Waals surface area contributed by atoms with Crippen molar-refractivity contribution in [3.05, 3.63) is 35.4 Å². The van der Waals surface area contributed by atoms with E-state index in [2.05, 4.69) is 6.07 Å². The van der Waals surface area contributed by atoms with Crippen molar-refractivity contribution in [1.82, 2.24) is 0 Å². The Balaban J connectivity index is 1.80. The summed E-state index contributed by atoms with van der Waals surface area (Å²) in [6, 6.07) is 9.79. The van der Waals surface area contributed by atoms with Gasteiger partial charge in [0, 0.05) is 0 Å². The number of hydrogen-bond donors (Lipinski definition) is 1. The van der Waals surface area contributed by atoms with Crippen molar-refractivity contribution in [3.63, 3.8) is 0 Å². The van der Waals surface area contributed by atoms with Crippen molar-refractivity contribution < 1.29 is 9.90 Å². The largest absolute Gasteiger partial charge is 0.481 e. The average molecular weight is 285 g/mol. The first-order valence-corrected chi connectivity index (χ1v) is 7.89. The molecule has 3 nitrogen and oxygen atoms in total. The molecule has 1 aromatic rings. The van der Waals surface area contributed by atoms with Gasteiger partial charge in [-0.15, -0.1) is 0 Å². The molecule has 21 heavy (non-hydrogen) atoms. The Labute approximate surface area is 126 Å². The van der Waals surface area contributed by atoms with Crippen LogP contribution in [0.2, 0.25) is 0 Å². The molecule has 1 N–H and O–H groups in total. The first-order chi connectivity index (χ1) is 10.2. The predicted molar refractivity (Wildman–Crippen MR) is 81.9 cm³/mol. The zero-order valence-corrected chi connectivity index (χ0v) is 12.5. The summed E-state index contributed by atoms with van der Waals surface area (Å²) in [5.74, 6) is -0.597. The number of carboxylic acid groups (broad SMARTS) is 1. The highest BCUT2D eigenvalue weighted by molar-refractivity contribution is 5.74. The second-order valence-electron chi connectivity index (χ2n) is 6.16. The Bertz CT molecular complexity index is 507. The van der Waals surface area contributed by atoms with E-state index in [1.54, 1.807) is 0 Å². The van der Waals surface area contributed by atoms with Gasteiger partial charge in [0.25, 0.3) is 0 Å². The molecule has 0 unspecified atom stereocenters. The first-order valence-electron chi connectivity index (χ1n) is 7.89. The SMILES string of the molecule is N#Cc1ccc(CCCCC2(C(=O)O)CCCCC2)cc1. The molecule has 0 aliphatic heterocycles. The Morgan fingerprint density at radius 2 is 1.81 bits per heavy atom. The van der Waals surface area contributed by atoms with Gasteiger partial charge in [-0.05, 0) is 49.8 Å². The summed E-state index contributed by atoms with van der Waals surface area (Å²) in [5, 5.41) is 18.3. The molecule has 3 heteroatoms. The number of nitrogens with zero attached hydrogens (tertiary/aromatic N) is 1. The number of nitriles is 1. The normalized spacial score (nSPS) is 17.1. The molecule has 1 aromatic carbocycles. The second-order valence-corrected chi connectivity index (χ2v) is 6.16. The topological polar surface area (TPSA) is 61.1 Å². The van der Waals surface area contributed by atoms with Gasteiger partial charge in [0.1, 0.15) is 0 Å². The molecule has 112 valence electrons. The minimum Gasteiger partial charge on any atom is -0.481 e. The molecule has 0 amide bonds. The highest BCUT2D eigenvalue weighted by atomic mass is 16.4. The van der Waals surface area contributed by atoms with Crippen LogP contribution in [0, 0.1) is 16.7 Å². The lowest BCUT2D eigenvalue weighted by Gasteiger charge is -2.33. The number of benzene rings is 1. The van der Waals surface area contributed by atoms with Crippen molar-refractivity contribution in [2.24, 2.45) is 5.41 Å². The maximum absolute atomic E-state index is 11.6. The van der Waals surface area contributed by atoms with E-state index in [1.807, 2.05) is 24.3 Å². The maximum Gasteiger partial charge on any atom is 0.309 e. The number of carbonyl (C=O) groups is 1. The third-order valence-corrected chi connectivity index (χ3v) is 4.72. The van der Waals surface area contributed by atoms with Gasteiger partial charge in [-0.3, -0.25) is 4.79 Å². The first kappa shape index (κ1) is 15.6. The Hall–Kier alpha value is -1.82. The van der Waals surface area contributed by atoms with E-state index in [4.69, 9.17) is 5.26 Å². The van der Waals surface area contributed by atoms with Crippen LogP contribution >= 0.6 is 0 Å². The molecule has 2 rings (SSSR count). The lowest BCUT2D eigenvalue weighted by atomic mass is 9.71. The molecule has 1 fully saturated rings. The van der Waals surface area contributed by atoms with E-state index in [0.717, 1.165) is 51.4 Å². The van der Waals surface area contributed by atoms with Crippen molar-refractivity contribution in [2.45, 2.75) is 57.8 Å². The van der Waals surface area contributed by atoms with Crippen LogP contribution in [0.15, 0.2) is 24.3 Å². The molecule has 0 bridgehead atoms. The van der Waals surface area contributed by atoms with Crippen molar-refractivity contribution in [2.75, 3.05) is 0 Å². The van der Waals surface area contributed by atoms with Gasteiger partial charge < -0.3 is 5.11 Å². The summed E-state index contributed by atoms with van der Waals surface area (Å²) in [5.41, 5.74) is 1.45. The molecular formula is C18H23NO2. The monoisotopic (exact) mass is 285 g/mol.